The van der Waals surface area contributed by atoms with E-state index in [9.17, 15) is 8.78 Å². The molecular formula is C14H17F2N3. The van der Waals surface area contributed by atoms with Gasteiger partial charge in [0.25, 0.3) is 0 Å². The van der Waals surface area contributed by atoms with Crippen LogP contribution < -0.4 is 5.73 Å². The minimum Gasteiger partial charge on any atom is -0.324 e. The third-order valence-electron chi connectivity index (χ3n) is 3.26. The molecule has 0 saturated heterocycles. The Morgan fingerprint density at radius 2 is 1.84 bits per heavy atom. The topological polar surface area (TPSA) is 43.8 Å². The van der Waals surface area contributed by atoms with Gasteiger partial charge in [0.05, 0.1) is 12.2 Å². The van der Waals surface area contributed by atoms with Gasteiger partial charge >= 0.3 is 0 Å². The second-order valence-electron chi connectivity index (χ2n) is 4.73. The molecule has 0 aliphatic rings. The van der Waals surface area contributed by atoms with Crippen molar-refractivity contribution in [1.82, 2.24) is 9.78 Å². The first-order chi connectivity index (χ1) is 8.91. The predicted octanol–water partition coefficient (Wildman–Crippen LogP) is 2.85. The third kappa shape index (κ3) is 2.51. The summed E-state index contributed by atoms with van der Waals surface area (Å²) >= 11 is 0. The van der Waals surface area contributed by atoms with E-state index in [0.29, 0.717) is 0 Å². The van der Waals surface area contributed by atoms with Crippen LogP contribution in [0.25, 0.3) is 0 Å². The Kier molecular flexibility index (Phi) is 3.66. The summed E-state index contributed by atoms with van der Waals surface area (Å²) in [6.07, 6.45) is 0. The second kappa shape index (κ2) is 5.09. The molecule has 0 spiro atoms. The average molecular weight is 265 g/mol. The van der Waals surface area contributed by atoms with Crippen molar-refractivity contribution in [3.05, 3.63) is 52.3 Å². The Morgan fingerprint density at radius 1 is 1.26 bits per heavy atom. The number of halogens is 2. The van der Waals surface area contributed by atoms with E-state index in [1.54, 1.807) is 4.68 Å². The molecule has 0 bridgehead atoms. The van der Waals surface area contributed by atoms with Crippen molar-refractivity contribution in [2.45, 2.75) is 33.4 Å². The van der Waals surface area contributed by atoms with Crippen LogP contribution >= 0.6 is 0 Å². The normalized spacial score (nSPS) is 12.7. The number of nitrogens with two attached hydrogens (primary N) is 1. The Balaban J connectivity index is 2.42. The molecule has 0 aliphatic heterocycles. The zero-order valence-corrected chi connectivity index (χ0v) is 11.2. The Bertz CT molecular complexity index is 583. The van der Waals surface area contributed by atoms with Crippen LogP contribution in [0.3, 0.4) is 0 Å². The van der Waals surface area contributed by atoms with Crippen molar-refractivity contribution in [2.75, 3.05) is 0 Å². The lowest BCUT2D eigenvalue weighted by Gasteiger charge is -2.09. The van der Waals surface area contributed by atoms with E-state index in [0.717, 1.165) is 17.0 Å². The molecule has 19 heavy (non-hydrogen) atoms. The molecule has 2 aromatic rings. The number of aromatic nitrogens is 2. The highest BCUT2D eigenvalue weighted by Gasteiger charge is 2.17. The summed E-state index contributed by atoms with van der Waals surface area (Å²) in [5.41, 5.74) is 8.46. The van der Waals surface area contributed by atoms with Crippen LogP contribution in [0.15, 0.2) is 18.2 Å². The molecule has 0 amide bonds. The predicted molar refractivity (Wildman–Crippen MR) is 69.8 cm³/mol. The highest BCUT2D eigenvalue weighted by atomic mass is 19.1. The lowest BCUT2D eigenvalue weighted by atomic mass is 10.1. The van der Waals surface area contributed by atoms with E-state index >= 15 is 0 Å². The van der Waals surface area contributed by atoms with Crippen molar-refractivity contribution in [3.63, 3.8) is 0 Å². The zero-order chi connectivity index (χ0) is 14.2. The standard InChI is InChI=1S/C14H17F2N3/c1-8(17)14-9(2)18-19(10(14)3)7-11-12(15)5-4-6-13(11)16/h4-6,8H,7,17H2,1-3H3. The number of rotatable bonds is 3. The molecule has 0 radical (unpaired) electrons. The fourth-order valence-electron chi connectivity index (χ4n) is 2.36. The summed E-state index contributed by atoms with van der Waals surface area (Å²) in [6, 6.07) is 3.69. The Hall–Kier alpha value is -1.75. The summed E-state index contributed by atoms with van der Waals surface area (Å²) in [5, 5.41) is 4.31. The maximum absolute atomic E-state index is 13.6. The average Bonchev–Trinajstić information content (AvgIpc) is 2.59. The molecule has 102 valence electrons. The van der Waals surface area contributed by atoms with Crippen molar-refractivity contribution in [1.29, 1.82) is 0 Å². The molecule has 2 rings (SSSR count). The maximum atomic E-state index is 13.6. The first kappa shape index (κ1) is 13.7. The number of aryl methyl sites for hydroxylation is 1. The number of hydrogen-bond acceptors (Lipinski definition) is 2. The summed E-state index contributed by atoms with van der Waals surface area (Å²) < 4.78 is 28.8. The first-order valence-electron chi connectivity index (χ1n) is 6.14. The summed E-state index contributed by atoms with van der Waals surface area (Å²) in [6.45, 7) is 5.64. The fourth-order valence-corrected chi connectivity index (χ4v) is 2.36. The molecule has 1 atom stereocenters. The lowest BCUT2D eigenvalue weighted by Crippen LogP contribution is -2.10. The van der Waals surface area contributed by atoms with E-state index in [4.69, 9.17) is 5.73 Å². The number of hydrogen-bond donors (Lipinski definition) is 1. The van der Waals surface area contributed by atoms with Crippen LogP contribution in [0.1, 0.15) is 35.5 Å². The first-order valence-corrected chi connectivity index (χ1v) is 6.14. The SMILES string of the molecule is Cc1nn(Cc2c(F)cccc2F)c(C)c1C(C)N. The molecule has 0 fully saturated rings. The van der Waals surface area contributed by atoms with E-state index in [1.807, 2.05) is 20.8 Å². The molecular weight excluding hydrogens is 248 g/mol. The quantitative estimate of drug-likeness (QED) is 0.927. The molecule has 2 N–H and O–H groups in total. The maximum Gasteiger partial charge on any atom is 0.131 e. The van der Waals surface area contributed by atoms with Crippen LogP contribution in [-0.2, 0) is 6.54 Å². The minimum absolute atomic E-state index is 0.0179. The Labute approximate surface area is 111 Å². The van der Waals surface area contributed by atoms with Gasteiger partial charge in [0.15, 0.2) is 0 Å². The molecule has 1 unspecified atom stereocenters. The molecule has 0 saturated carbocycles. The second-order valence-corrected chi connectivity index (χ2v) is 4.73. The number of nitrogens with zero attached hydrogens (tertiary/aromatic N) is 2. The van der Waals surface area contributed by atoms with Crippen LogP contribution in [-0.4, -0.2) is 9.78 Å². The smallest absolute Gasteiger partial charge is 0.131 e. The summed E-state index contributed by atoms with van der Waals surface area (Å²) in [5.74, 6) is -1.12. The fraction of sp³-hybridized carbons (Fsp3) is 0.357. The van der Waals surface area contributed by atoms with Crippen molar-refractivity contribution >= 4 is 0 Å². The molecule has 1 heterocycles. The zero-order valence-electron chi connectivity index (χ0n) is 11.2. The van der Waals surface area contributed by atoms with E-state index in [2.05, 4.69) is 5.10 Å². The monoisotopic (exact) mass is 265 g/mol. The highest BCUT2D eigenvalue weighted by molar-refractivity contribution is 5.29. The lowest BCUT2D eigenvalue weighted by molar-refractivity contribution is 0.528. The van der Waals surface area contributed by atoms with Gasteiger partial charge < -0.3 is 5.73 Å². The minimum atomic E-state index is -0.560. The summed E-state index contributed by atoms with van der Waals surface area (Å²) in [4.78, 5) is 0. The van der Waals surface area contributed by atoms with Gasteiger partial charge in [0.1, 0.15) is 11.6 Å². The van der Waals surface area contributed by atoms with Crippen LogP contribution in [0.5, 0.6) is 0 Å². The van der Waals surface area contributed by atoms with Gasteiger partial charge in [-0.3, -0.25) is 4.68 Å². The van der Waals surface area contributed by atoms with Gasteiger partial charge in [-0.15, -0.1) is 0 Å². The van der Waals surface area contributed by atoms with Gasteiger partial charge in [0.2, 0.25) is 0 Å². The van der Waals surface area contributed by atoms with Gasteiger partial charge in [-0.25, -0.2) is 8.78 Å². The van der Waals surface area contributed by atoms with E-state index < -0.39 is 11.6 Å². The van der Waals surface area contributed by atoms with E-state index in [1.165, 1.54) is 18.2 Å². The van der Waals surface area contributed by atoms with Crippen molar-refractivity contribution in [2.24, 2.45) is 5.73 Å². The highest BCUT2D eigenvalue weighted by Crippen LogP contribution is 2.21. The van der Waals surface area contributed by atoms with Gasteiger partial charge in [-0.2, -0.15) is 5.10 Å². The molecule has 1 aromatic carbocycles. The molecule has 3 nitrogen and oxygen atoms in total. The van der Waals surface area contributed by atoms with Gasteiger partial charge in [0, 0.05) is 22.9 Å². The molecule has 0 aliphatic carbocycles. The summed E-state index contributed by atoms with van der Waals surface area (Å²) in [7, 11) is 0. The van der Waals surface area contributed by atoms with E-state index in [-0.39, 0.29) is 18.2 Å². The molecule has 1 aromatic heterocycles. The van der Waals surface area contributed by atoms with Gasteiger partial charge in [-0.05, 0) is 32.9 Å². The van der Waals surface area contributed by atoms with Crippen molar-refractivity contribution < 1.29 is 8.78 Å². The third-order valence-corrected chi connectivity index (χ3v) is 3.26. The van der Waals surface area contributed by atoms with Crippen molar-refractivity contribution in [3.8, 4) is 0 Å². The van der Waals surface area contributed by atoms with Gasteiger partial charge in [-0.1, -0.05) is 6.07 Å². The van der Waals surface area contributed by atoms with Crippen LogP contribution in [0.2, 0.25) is 0 Å². The largest absolute Gasteiger partial charge is 0.324 e. The van der Waals surface area contributed by atoms with Crippen LogP contribution in [0.4, 0.5) is 8.78 Å². The Morgan fingerprint density at radius 3 is 2.32 bits per heavy atom. The van der Waals surface area contributed by atoms with Crippen LogP contribution in [0, 0.1) is 25.5 Å². The number of benzene rings is 1. The molecule has 5 heteroatoms.